The van der Waals surface area contributed by atoms with Gasteiger partial charge < -0.3 is 5.11 Å². The van der Waals surface area contributed by atoms with E-state index < -0.39 is 12.0 Å². The topological polar surface area (TPSA) is 66.4 Å². The molecule has 2 N–H and O–H groups in total. The van der Waals surface area contributed by atoms with Gasteiger partial charge in [0.15, 0.2) is 0 Å². The van der Waals surface area contributed by atoms with Gasteiger partial charge in [0.2, 0.25) is 0 Å². The molecule has 58 valence electrons. The van der Waals surface area contributed by atoms with E-state index in [2.05, 4.69) is 4.84 Å². The maximum Gasteiger partial charge on any atom is 0.305 e. The minimum Gasteiger partial charge on any atom is -0.481 e. The number of rotatable bonds is 4. The highest BCUT2D eigenvalue weighted by Gasteiger charge is 2.15. The van der Waals surface area contributed by atoms with E-state index in [0.717, 1.165) is 0 Å². The van der Waals surface area contributed by atoms with Crippen LogP contribution in [-0.4, -0.2) is 22.9 Å². The van der Waals surface area contributed by atoms with Crippen molar-refractivity contribution < 1.29 is 14.7 Å². The van der Waals surface area contributed by atoms with Crippen molar-refractivity contribution in [2.75, 3.05) is 0 Å². The lowest BCUT2D eigenvalue weighted by Crippen LogP contribution is -2.31. The van der Waals surface area contributed by atoms with E-state index in [1.54, 1.807) is 0 Å². The predicted molar refractivity (Wildman–Crippen MR) is 35.7 cm³/mol. The molecule has 0 aliphatic heterocycles. The van der Waals surface area contributed by atoms with E-state index in [-0.39, 0.29) is 12.2 Å². The van der Waals surface area contributed by atoms with Gasteiger partial charge in [-0.1, -0.05) is 0 Å². The van der Waals surface area contributed by atoms with Gasteiger partial charge in [-0.05, 0) is 18.7 Å². The fourth-order valence-corrected chi connectivity index (χ4v) is 0.665. The molecule has 0 amide bonds. The molecule has 5 heteroatoms. The highest BCUT2D eigenvalue weighted by atomic mass is 35.5. The molecule has 0 fully saturated rings. The van der Waals surface area contributed by atoms with Gasteiger partial charge in [-0.2, -0.15) is 0 Å². The van der Waals surface area contributed by atoms with Crippen LogP contribution in [0.25, 0.3) is 0 Å². The third-order valence-corrected chi connectivity index (χ3v) is 1.26. The first-order chi connectivity index (χ1) is 4.57. The molecule has 0 aromatic heterocycles. The molecule has 0 saturated heterocycles. The van der Waals surface area contributed by atoms with Gasteiger partial charge in [0, 0.05) is 0 Å². The minimum atomic E-state index is -1.05. The Morgan fingerprint density at radius 2 is 2.20 bits per heavy atom. The molecule has 0 rings (SSSR count). The molecule has 10 heavy (non-hydrogen) atoms. The summed E-state index contributed by atoms with van der Waals surface area (Å²) in [6.07, 6.45) is -0.279. The molecule has 1 atom stereocenters. The van der Waals surface area contributed by atoms with Crippen molar-refractivity contribution in [1.29, 1.82) is 0 Å². The van der Waals surface area contributed by atoms with Crippen molar-refractivity contribution in [1.82, 2.24) is 4.84 Å². The summed E-state index contributed by atoms with van der Waals surface area (Å²) < 4.78 is 0. The molecule has 0 unspecified atom stereocenters. The number of aliphatic carboxylic acids is 1. The fourth-order valence-electron chi connectivity index (χ4n) is 0.434. The van der Waals surface area contributed by atoms with Crippen molar-refractivity contribution in [3.05, 3.63) is 0 Å². The Hall–Kier alpha value is -0.610. The van der Waals surface area contributed by atoms with Crippen LogP contribution in [-0.2, 0) is 9.59 Å². The lowest BCUT2D eigenvalue weighted by atomic mass is 10.1. The lowest BCUT2D eigenvalue weighted by Gasteiger charge is -2.05. The number of carbonyl (C=O) groups excluding carboxylic acids is 1. The fraction of sp³-hybridized carbons (Fsp3) is 0.600. The summed E-state index contributed by atoms with van der Waals surface area (Å²) in [6, 6.07) is -0.779. The first-order valence-electron chi connectivity index (χ1n) is 2.66. The van der Waals surface area contributed by atoms with Crippen LogP contribution in [0.5, 0.6) is 0 Å². The summed E-state index contributed by atoms with van der Waals surface area (Å²) >= 11 is 5.07. The Morgan fingerprint density at radius 3 is 2.30 bits per heavy atom. The number of nitrogens with one attached hydrogen (secondary N) is 1. The van der Waals surface area contributed by atoms with Crippen LogP contribution in [0.15, 0.2) is 0 Å². The second-order valence-corrected chi connectivity index (χ2v) is 2.09. The molecule has 0 radical (unpaired) electrons. The zero-order valence-corrected chi connectivity index (χ0v) is 6.18. The number of Topliss-reactive ketones (excluding diaryl/α,β-unsaturated/α-hetero) is 1. The van der Waals surface area contributed by atoms with E-state index in [1.165, 1.54) is 6.92 Å². The molecular weight excluding hydrogens is 158 g/mol. The number of ketones is 1. The van der Waals surface area contributed by atoms with Gasteiger partial charge in [0.1, 0.15) is 5.78 Å². The van der Waals surface area contributed by atoms with E-state index >= 15 is 0 Å². The van der Waals surface area contributed by atoms with E-state index in [4.69, 9.17) is 16.9 Å². The molecule has 0 bridgehead atoms. The zero-order chi connectivity index (χ0) is 8.15. The van der Waals surface area contributed by atoms with Crippen LogP contribution < -0.4 is 4.84 Å². The number of hydrogen-bond acceptors (Lipinski definition) is 3. The SMILES string of the molecule is CC(=O)[C@H](CC(=O)O)NCl. The quantitative estimate of drug-likeness (QED) is 0.583. The van der Waals surface area contributed by atoms with Crippen molar-refractivity contribution >= 4 is 23.5 Å². The highest BCUT2D eigenvalue weighted by Crippen LogP contribution is 1.94. The van der Waals surface area contributed by atoms with Crippen LogP contribution in [0, 0.1) is 0 Å². The van der Waals surface area contributed by atoms with Gasteiger partial charge in [0.25, 0.3) is 0 Å². The second kappa shape index (κ2) is 4.24. The van der Waals surface area contributed by atoms with Crippen LogP contribution in [0.3, 0.4) is 0 Å². The van der Waals surface area contributed by atoms with Gasteiger partial charge in [0.05, 0.1) is 12.5 Å². The first kappa shape index (κ1) is 9.39. The average Bonchev–Trinajstić information content (AvgIpc) is 1.81. The Labute approximate surface area is 63.3 Å². The molecule has 0 aliphatic carbocycles. The van der Waals surface area contributed by atoms with Crippen LogP contribution >= 0.6 is 11.8 Å². The zero-order valence-electron chi connectivity index (χ0n) is 5.43. The first-order valence-corrected chi connectivity index (χ1v) is 3.04. The smallest absolute Gasteiger partial charge is 0.305 e. The molecule has 0 heterocycles. The molecule has 0 spiro atoms. The normalized spacial score (nSPS) is 12.6. The van der Waals surface area contributed by atoms with Gasteiger partial charge >= 0.3 is 5.97 Å². The number of carbonyl (C=O) groups is 2. The Balaban J connectivity index is 3.83. The number of carboxylic acids is 1. The van der Waals surface area contributed by atoms with E-state index in [9.17, 15) is 9.59 Å². The van der Waals surface area contributed by atoms with Crippen LogP contribution in [0.2, 0.25) is 0 Å². The summed E-state index contributed by atoms with van der Waals surface area (Å²) in [5.41, 5.74) is 0. The third-order valence-electron chi connectivity index (χ3n) is 1.00. The summed E-state index contributed by atoms with van der Waals surface area (Å²) in [4.78, 5) is 22.6. The van der Waals surface area contributed by atoms with Crippen molar-refractivity contribution in [2.45, 2.75) is 19.4 Å². The van der Waals surface area contributed by atoms with Crippen molar-refractivity contribution in [3.8, 4) is 0 Å². The van der Waals surface area contributed by atoms with E-state index in [0.29, 0.717) is 0 Å². The number of carboxylic acid groups (broad SMARTS) is 1. The largest absolute Gasteiger partial charge is 0.481 e. The standard InChI is InChI=1S/C5H8ClNO3/c1-3(8)4(7-6)2-5(9)10/h4,7H,2H2,1H3,(H,9,10)/t4-/m0/s1. The lowest BCUT2D eigenvalue weighted by molar-refractivity contribution is -0.139. The Morgan fingerprint density at radius 1 is 1.70 bits per heavy atom. The second-order valence-electron chi connectivity index (χ2n) is 1.87. The Kier molecular flexibility index (Phi) is 3.99. The Bertz CT molecular complexity index is 148. The maximum atomic E-state index is 10.5. The van der Waals surface area contributed by atoms with Gasteiger partial charge in [-0.15, -0.1) is 0 Å². The average molecular weight is 166 g/mol. The summed E-state index contributed by atoms with van der Waals surface area (Å²) in [5.74, 6) is -1.33. The van der Waals surface area contributed by atoms with Crippen molar-refractivity contribution in [2.24, 2.45) is 0 Å². The molecular formula is C5H8ClNO3. The minimum absolute atomic E-state index is 0.279. The summed E-state index contributed by atoms with van der Waals surface area (Å²) in [7, 11) is 0. The molecule has 0 saturated carbocycles. The summed E-state index contributed by atoms with van der Waals surface area (Å²) in [6.45, 7) is 1.28. The van der Waals surface area contributed by atoms with Crippen LogP contribution in [0.1, 0.15) is 13.3 Å². The number of hydrogen-bond donors (Lipinski definition) is 2. The molecule has 0 aromatic rings. The maximum absolute atomic E-state index is 10.5. The summed E-state index contributed by atoms with van der Waals surface area (Å²) in [5, 5.41) is 8.21. The monoisotopic (exact) mass is 165 g/mol. The predicted octanol–water partition coefficient (Wildman–Crippen LogP) is 0.162. The van der Waals surface area contributed by atoms with Gasteiger partial charge in [-0.3, -0.25) is 9.59 Å². The van der Waals surface area contributed by atoms with Crippen LogP contribution in [0.4, 0.5) is 0 Å². The van der Waals surface area contributed by atoms with E-state index in [1.807, 2.05) is 0 Å². The molecule has 0 aromatic carbocycles. The van der Waals surface area contributed by atoms with Gasteiger partial charge in [-0.25, -0.2) is 4.84 Å². The van der Waals surface area contributed by atoms with Crippen molar-refractivity contribution in [3.63, 3.8) is 0 Å². The highest BCUT2D eigenvalue weighted by molar-refractivity contribution is 6.15. The molecule has 4 nitrogen and oxygen atoms in total. The third kappa shape index (κ3) is 3.42. The number of halogens is 1. The molecule has 0 aliphatic rings.